The van der Waals surface area contributed by atoms with Gasteiger partial charge in [0, 0.05) is 29.8 Å². The first-order valence-corrected chi connectivity index (χ1v) is 6.92. The molecule has 5 heteroatoms. The molecule has 0 fully saturated rings. The molecule has 0 spiro atoms. The molecule has 4 N–H and O–H groups in total. The number of nitrogens with one attached hydrogen (secondary N) is 2. The number of aromatic amines is 1. The van der Waals surface area contributed by atoms with Crippen LogP contribution in [0.4, 0.5) is 5.82 Å². The fourth-order valence-electron chi connectivity index (χ4n) is 2.35. The molecule has 5 nitrogen and oxygen atoms in total. The van der Waals surface area contributed by atoms with E-state index in [1.165, 1.54) is 0 Å². The van der Waals surface area contributed by atoms with Crippen molar-refractivity contribution in [2.24, 2.45) is 5.73 Å². The van der Waals surface area contributed by atoms with Crippen molar-refractivity contribution in [3.63, 3.8) is 0 Å². The van der Waals surface area contributed by atoms with Gasteiger partial charge >= 0.3 is 0 Å². The van der Waals surface area contributed by atoms with Gasteiger partial charge in [-0.05, 0) is 23.8 Å². The zero-order valence-corrected chi connectivity index (χ0v) is 12.1. The van der Waals surface area contributed by atoms with Crippen molar-refractivity contribution < 1.29 is 4.79 Å². The summed E-state index contributed by atoms with van der Waals surface area (Å²) < 4.78 is 0. The summed E-state index contributed by atoms with van der Waals surface area (Å²) in [6, 6.07) is 13.2. The Morgan fingerprint density at radius 3 is 2.68 bits per heavy atom. The van der Waals surface area contributed by atoms with Gasteiger partial charge in [-0.15, -0.1) is 0 Å². The van der Waals surface area contributed by atoms with Gasteiger partial charge in [0.2, 0.25) is 5.91 Å². The van der Waals surface area contributed by atoms with Crippen molar-refractivity contribution in [1.29, 1.82) is 0 Å². The van der Waals surface area contributed by atoms with Crippen LogP contribution in [-0.4, -0.2) is 22.9 Å². The largest absolute Gasteiger partial charge is 0.373 e. The van der Waals surface area contributed by atoms with Crippen LogP contribution in [0.2, 0.25) is 0 Å². The maximum Gasteiger partial charge on any atom is 0.249 e. The fraction of sp³-hybridized carbons (Fsp3) is 0.0588. The third kappa shape index (κ3) is 2.56. The van der Waals surface area contributed by atoms with E-state index in [1.54, 1.807) is 6.08 Å². The van der Waals surface area contributed by atoms with Crippen LogP contribution in [0.3, 0.4) is 0 Å². The van der Waals surface area contributed by atoms with Crippen LogP contribution in [0.1, 0.15) is 11.1 Å². The first-order chi connectivity index (χ1) is 10.7. The van der Waals surface area contributed by atoms with E-state index < -0.39 is 5.91 Å². The van der Waals surface area contributed by atoms with Crippen LogP contribution in [0.25, 0.3) is 22.7 Å². The molecule has 0 radical (unpaired) electrons. The SMILES string of the molecule is CNc1ccc2c(/C=C(/C(N)=O)c3ccccc3)c[nH]c2n1. The van der Waals surface area contributed by atoms with Gasteiger partial charge in [0.15, 0.2) is 0 Å². The molecule has 0 saturated carbocycles. The number of carbonyl (C=O) groups is 1. The van der Waals surface area contributed by atoms with Gasteiger partial charge in [0.1, 0.15) is 11.5 Å². The Hall–Kier alpha value is -3.08. The number of H-pyrrole nitrogens is 1. The zero-order valence-electron chi connectivity index (χ0n) is 12.1. The molecule has 110 valence electrons. The number of benzene rings is 1. The Bertz CT molecular complexity index is 849. The molecule has 2 heterocycles. The number of carbonyl (C=O) groups excluding carboxylic acids is 1. The number of hydrogen-bond donors (Lipinski definition) is 3. The number of hydrogen-bond acceptors (Lipinski definition) is 3. The smallest absolute Gasteiger partial charge is 0.249 e. The highest BCUT2D eigenvalue weighted by molar-refractivity contribution is 6.24. The molecule has 0 bridgehead atoms. The molecular weight excluding hydrogens is 276 g/mol. The maximum absolute atomic E-state index is 11.8. The van der Waals surface area contributed by atoms with Gasteiger partial charge in [-0.1, -0.05) is 30.3 Å². The van der Waals surface area contributed by atoms with E-state index in [9.17, 15) is 4.79 Å². The van der Waals surface area contributed by atoms with Crippen LogP contribution in [-0.2, 0) is 4.79 Å². The molecule has 3 aromatic rings. The second-order valence-corrected chi connectivity index (χ2v) is 4.87. The van der Waals surface area contributed by atoms with Crippen molar-refractivity contribution in [3.8, 4) is 0 Å². The second kappa shape index (κ2) is 5.73. The number of nitrogens with zero attached hydrogens (tertiary/aromatic N) is 1. The van der Waals surface area contributed by atoms with Crippen molar-refractivity contribution in [1.82, 2.24) is 9.97 Å². The molecule has 2 aromatic heterocycles. The Labute approximate surface area is 127 Å². The number of primary amides is 1. The summed E-state index contributed by atoms with van der Waals surface area (Å²) in [7, 11) is 1.82. The predicted molar refractivity (Wildman–Crippen MR) is 89.1 cm³/mol. The Morgan fingerprint density at radius 1 is 1.23 bits per heavy atom. The summed E-state index contributed by atoms with van der Waals surface area (Å²) in [6.45, 7) is 0. The van der Waals surface area contributed by atoms with Gasteiger partial charge in [-0.3, -0.25) is 4.79 Å². The van der Waals surface area contributed by atoms with Crippen LogP contribution < -0.4 is 11.1 Å². The Balaban J connectivity index is 2.11. The summed E-state index contributed by atoms with van der Waals surface area (Å²) in [5.74, 6) is 0.323. The lowest BCUT2D eigenvalue weighted by molar-refractivity contribution is -0.112. The number of aromatic nitrogens is 2. The lowest BCUT2D eigenvalue weighted by atomic mass is 10.0. The highest BCUT2D eigenvalue weighted by Crippen LogP contribution is 2.24. The fourth-order valence-corrected chi connectivity index (χ4v) is 2.35. The van der Waals surface area contributed by atoms with E-state index >= 15 is 0 Å². The maximum atomic E-state index is 11.8. The highest BCUT2D eigenvalue weighted by Gasteiger charge is 2.10. The summed E-state index contributed by atoms with van der Waals surface area (Å²) in [5.41, 5.74) is 8.44. The molecule has 1 aromatic carbocycles. The standard InChI is InChI=1S/C17H16N4O/c1-19-15-8-7-13-12(10-20-17(13)21-15)9-14(16(18)22)11-5-3-2-4-6-11/h2-10H,1H3,(H2,18,22)(H2,19,20,21)/b14-9+. The molecule has 22 heavy (non-hydrogen) atoms. The first-order valence-electron chi connectivity index (χ1n) is 6.92. The zero-order chi connectivity index (χ0) is 15.5. The summed E-state index contributed by atoms with van der Waals surface area (Å²) >= 11 is 0. The molecule has 0 saturated heterocycles. The minimum atomic E-state index is -0.458. The summed E-state index contributed by atoms with van der Waals surface area (Å²) in [4.78, 5) is 19.3. The normalized spacial score (nSPS) is 11.6. The van der Waals surface area contributed by atoms with E-state index in [0.717, 1.165) is 28.0 Å². The van der Waals surface area contributed by atoms with Crippen LogP contribution >= 0.6 is 0 Å². The summed E-state index contributed by atoms with van der Waals surface area (Å²) in [5, 5.41) is 3.93. The van der Waals surface area contributed by atoms with Gasteiger partial charge in [0.05, 0.1) is 0 Å². The molecule has 0 aliphatic carbocycles. The molecule has 0 unspecified atom stereocenters. The number of rotatable bonds is 4. The predicted octanol–water partition coefficient (Wildman–Crippen LogP) is 2.63. The van der Waals surface area contributed by atoms with Crippen LogP contribution in [0.5, 0.6) is 0 Å². The Kier molecular flexibility index (Phi) is 3.62. The van der Waals surface area contributed by atoms with Crippen molar-refractivity contribution in [2.75, 3.05) is 12.4 Å². The molecular formula is C17H16N4O. The van der Waals surface area contributed by atoms with Gasteiger partial charge in [0.25, 0.3) is 0 Å². The summed E-state index contributed by atoms with van der Waals surface area (Å²) in [6.07, 6.45) is 3.61. The molecule has 0 aliphatic heterocycles. The number of fused-ring (bicyclic) bond motifs is 1. The van der Waals surface area contributed by atoms with E-state index in [2.05, 4.69) is 15.3 Å². The molecule has 3 rings (SSSR count). The minimum absolute atomic E-state index is 0.458. The lowest BCUT2D eigenvalue weighted by Crippen LogP contribution is -2.12. The molecule has 0 aliphatic rings. The number of amides is 1. The van der Waals surface area contributed by atoms with Gasteiger partial charge in [-0.2, -0.15) is 0 Å². The number of anilines is 1. The van der Waals surface area contributed by atoms with Crippen LogP contribution in [0, 0.1) is 0 Å². The molecule has 0 atom stereocenters. The monoisotopic (exact) mass is 292 g/mol. The quantitative estimate of drug-likeness (QED) is 0.646. The average molecular weight is 292 g/mol. The highest BCUT2D eigenvalue weighted by atomic mass is 16.1. The van der Waals surface area contributed by atoms with E-state index in [4.69, 9.17) is 5.73 Å². The van der Waals surface area contributed by atoms with Crippen molar-refractivity contribution >= 4 is 34.4 Å². The number of nitrogens with two attached hydrogens (primary N) is 1. The Morgan fingerprint density at radius 2 is 2.00 bits per heavy atom. The first kappa shape index (κ1) is 13.9. The van der Waals surface area contributed by atoms with Gasteiger partial charge < -0.3 is 16.0 Å². The van der Waals surface area contributed by atoms with E-state index in [1.807, 2.05) is 55.7 Å². The minimum Gasteiger partial charge on any atom is -0.373 e. The topological polar surface area (TPSA) is 83.8 Å². The second-order valence-electron chi connectivity index (χ2n) is 4.87. The van der Waals surface area contributed by atoms with E-state index in [0.29, 0.717) is 5.57 Å². The average Bonchev–Trinajstić information content (AvgIpc) is 2.95. The third-order valence-corrected chi connectivity index (χ3v) is 3.48. The van der Waals surface area contributed by atoms with Crippen molar-refractivity contribution in [2.45, 2.75) is 0 Å². The van der Waals surface area contributed by atoms with Crippen LogP contribution in [0.15, 0.2) is 48.7 Å². The van der Waals surface area contributed by atoms with E-state index in [-0.39, 0.29) is 0 Å². The molecule has 1 amide bonds. The van der Waals surface area contributed by atoms with Gasteiger partial charge in [-0.25, -0.2) is 4.98 Å². The van der Waals surface area contributed by atoms with Crippen molar-refractivity contribution in [3.05, 3.63) is 59.8 Å². The lowest BCUT2D eigenvalue weighted by Gasteiger charge is -2.03. The number of pyridine rings is 1. The third-order valence-electron chi connectivity index (χ3n) is 3.48.